The predicted octanol–water partition coefficient (Wildman–Crippen LogP) is 4.19. The zero-order chi connectivity index (χ0) is 30.4. The van der Waals surface area contributed by atoms with Crippen LogP contribution < -0.4 is 10.6 Å². The first-order valence-electron chi connectivity index (χ1n) is 14.4. The molecule has 2 aromatic heterocycles. The van der Waals surface area contributed by atoms with Crippen molar-refractivity contribution in [2.45, 2.75) is 31.2 Å². The van der Waals surface area contributed by atoms with Crippen molar-refractivity contribution >= 4 is 34.5 Å². The first-order chi connectivity index (χ1) is 21.4. The largest absolute Gasteiger partial charge is 0.389 e. The highest BCUT2D eigenvalue weighted by Crippen LogP contribution is 2.67. The number of aromatic nitrogens is 4. The topological polar surface area (TPSA) is 125 Å². The van der Waals surface area contributed by atoms with E-state index in [4.69, 9.17) is 21.6 Å². The number of anilines is 1. The molecule has 4 N–H and O–H groups in total. The van der Waals surface area contributed by atoms with Crippen LogP contribution in [-0.2, 0) is 11.3 Å². The molecule has 0 radical (unpaired) electrons. The van der Waals surface area contributed by atoms with E-state index in [1.807, 2.05) is 66.7 Å². The minimum atomic E-state index is -1.20. The molecule has 1 amide bonds. The van der Waals surface area contributed by atoms with Crippen molar-refractivity contribution in [1.82, 2.24) is 24.8 Å². The molecule has 7 rings (SSSR count). The van der Waals surface area contributed by atoms with Crippen LogP contribution in [0.15, 0.2) is 85.2 Å². The van der Waals surface area contributed by atoms with Crippen molar-refractivity contribution in [3.63, 3.8) is 0 Å². The Labute approximate surface area is 259 Å². The molecule has 2 fully saturated rings. The predicted molar refractivity (Wildman–Crippen MR) is 168 cm³/mol. The summed E-state index contributed by atoms with van der Waals surface area (Å²) in [5.74, 6) is 6.46. The lowest BCUT2D eigenvalue weighted by atomic mass is 9.98. The number of aliphatic hydroxyl groups excluding tert-OH is 2. The average molecular weight is 605 g/mol. The van der Waals surface area contributed by atoms with Gasteiger partial charge in [-0.3, -0.25) is 4.79 Å². The number of benzene rings is 3. The Balaban J connectivity index is 1.25. The maximum absolute atomic E-state index is 12.7. The first kappa shape index (κ1) is 28.0. The second-order valence-corrected chi connectivity index (χ2v) is 11.7. The Morgan fingerprint density at radius 2 is 1.80 bits per heavy atom. The van der Waals surface area contributed by atoms with Crippen LogP contribution in [0.5, 0.6) is 0 Å². The average Bonchev–Trinajstić information content (AvgIpc) is 3.59. The molecule has 5 atom stereocenters. The van der Waals surface area contributed by atoms with Gasteiger partial charge in [-0.25, -0.2) is 15.0 Å². The molecule has 0 spiro atoms. The van der Waals surface area contributed by atoms with Crippen molar-refractivity contribution in [3.05, 3.63) is 107 Å². The number of imidazole rings is 1. The fourth-order valence-electron chi connectivity index (χ4n) is 6.44. The van der Waals surface area contributed by atoms with E-state index in [-0.39, 0.29) is 17.6 Å². The number of nitrogens with zero attached hydrogens (tertiary/aromatic N) is 4. The van der Waals surface area contributed by atoms with Gasteiger partial charge in [-0.2, -0.15) is 0 Å². The Morgan fingerprint density at radius 1 is 1.02 bits per heavy atom. The van der Waals surface area contributed by atoms with E-state index < -0.39 is 23.7 Å². The van der Waals surface area contributed by atoms with Crippen LogP contribution in [0.2, 0.25) is 5.02 Å². The standard InChI is InChI=1S/C34H29ClN6O3/c1-36-33(44)34-17-25(34)28(29(42)30(34)43)41-19-38-27-31(37-18-21-6-5-9-24(35)16-21)39-26(40-32(27)41)15-12-20-10-13-23(14-11-20)22-7-3-2-4-8-22/h2-11,13-14,16,19,25,28-30,42-43H,17-18H2,1H3,(H,36,44)(H,37,39,40)/t25?,28-,29?,30+,34-/m1/s1. The minimum Gasteiger partial charge on any atom is -0.389 e. The number of hydrogen-bond acceptors (Lipinski definition) is 7. The molecule has 9 nitrogen and oxygen atoms in total. The lowest BCUT2D eigenvalue weighted by molar-refractivity contribution is -0.132. The Kier molecular flexibility index (Phi) is 7.05. The number of rotatable bonds is 6. The maximum atomic E-state index is 12.7. The summed E-state index contributed by atoms with van der Waals surface area (Å²) in [6.07, 6.45) is -0.317. The summed E-state index contributed by atoms with van der Waals surface area (Å²) in [7, 11) is 1.54. The summed E-state index contributed by atoms with van der Waals surface area (Å²) in [5.41, 5.74) is 3.90. The van der Waals surface area contributed by atoms with E-state index in [1.165, 1.54) is 7.05 Å². The van der Waals surface area contributed by atoms with Crippen molar-refractivity contribution in [3.8, 4) is 23.0 Å². The summed E-state index contributed by atoms with van der Waals surface area (Å²) in [4.78, 5) is 26.8. The number of nitrogens with one attached hydrogen (secondary N) is 2. The van der Waals surface area contributed by atoms with Crippen molar-refractivity contribution < 1.29 is 15.0 Å². The second-order valence-electron chi connectivity index (χ2n) is 11.3. The van der Waals surface area contributed by atoms with E-state index in [0.29, 0.717) is 35.0 Å². The lowest BCUT2D eigenvalue weighted by Crippen LogP contribution is -2.41. The quantitative estimate of drug-likeness (QED) is 0.214. The van der Waals surface area contributed by atoms with Gasteiger partial charge in [0.2, 0.25) is 11.7 Å². The van der Waals surface area contributed by atoms with E-state index in [0.717, 1.165) is 22.3 Å². The fraction of sp³-hybridized carbons (Fsp3) is 0.235. The summed E-state index contributed by atoms with van der Waals surface area (Å²) in [5, 5.41) is 28.6. The summed E-state index contributed by atoms with van der Waals surface area (Å²) in [6.45, 7) is 0.431. The number of hydrogen-bond donors (Lipinski definition) is 4. The van der Waals surface area contributed by atoms with Crippen molar-refractivity contribution in [2.75, 3.05) is 12.4 Å². The van der Waals surface area contributed by atoms with Crippen LogP contribution in [0.4, 0.5) is 5.82 Å². The van der Waals surface area contributed by atoms with E-state index in [9.17, 15) is 15.0 Å². The normalized spacial score (nSPS) is 23.5. The Bertz CT molecular complexity index is 1930. The molecule has 5 aromatic rings. The van der Waals surface area contributed by atoms with Gasteiger partial charge in [0.15, 0.2) is 17.0 Å². The summed E-state index contributed by atoms with van der Waals surface area (Å²) in [6, 6.07) is 25.0. The van der Waals surface area contributed by atoms with Crippen LogP contribution in [0, 0.1) is 23.2 Å². The summed E-state index contributed by atoms with van der Waals surface area (Å²) < 4.78 is 1.75. The number of amides is 1. The van der Waals surface area contributed by atoms with Gasteiger partial charge >= 0.3 is 0 Å². The third-order valence-corrected chi connectivity index (χ3v) is 8.96. The maximum Gasteiger partial charge on any atom is 0.229 e. The van der Waals surface area contributed by atoms with Gasteiger partial charge < -0.3 is 25.4 Å². The Morgan fingerprint density at radius 3 is 2.55 bits per heavy atom. The highest BCUT2D eigenvalue weighted by atomic mass is 35.5. The molecule has 2 unspecified atom stereocenters. The molecular formula is C34H29ClN6O3. The first-order valence-corrected chi connectivity index (χ1v) is 14.8. The Hall–Kier alpha value is -4.75. The minimum absolute atomic E-state index is 0.264. The van der Waals surface area contributed by atoms with Gasteiger partial charge in [0.1, 0.15) is 6.10 Å². The molecule has 2 aliphatic rings. The number of fused-ring (bicyclic) bond motifs is 2. The zero-order valence-corrected chi connectivity index (χ0v) is 24.5. The van der Waals surface area contributed by atoms with Crippen LogP contribution >= 0.6 is 11.6 Å². The molecule has 0 saturated heterocycles. The molecule has 0 aliphatic heterocycles. The van der Waals surface area contributed by atoms with Gasteiger partial charge in [-0.1, -0.05) is 72.1 Å². The highest BCUT2D eigenvalue weighted by molar-refractivity contribution is 6.30. The van der Waals surface area contributed by atoms with Crippen molar-refractivity contribution in [2.24, 2.45) is 11.3 Å². The number of carbonyl (C=O) groups excluding carboxylic acids is 1. The third-order valence-electron chi connectivity index (χ3n) is 8.72. The smallest absolute Gasteiger partial charge is 0.229 e. The van der Waals surface area contributed by atoms with E-state index >= 15 is 0 Å². The molecule has 3 aromatic carbocycles. The number of halogens is 1. The molecular weight excluding hydrogens is 576 g/mol. The third kappa shape index (κ3) is 4.77. The van der Waals surface area contributed by atoms with Crippen LogP contribution in [0.1, 0.15) is 29.4 Å². The monoisotopic (exact) mass is 604 g/mol. The molecule has 0 bridgehead atoms. The SMILES string of the molecule is CNC(=O)[C@]12CC1[C@@H](n1cnc3c(NCc4cccc(Cl)c4)nc(C#Cc4ccc(-c5ccccc5)cc4)nc31)C(O)[C@@H]2O. The number of aliphatic hydroxyl groups is 2. The van der Waals surface area contributed by atoms with Gasteiger partial charge in [-0.05, 0) is 53.3 Å². The van der Waals surface area contributed by atoms with Gasteiger partial charge in [0.05, 0.1) is 23.9 Å². The van der Waals surface area contributed by atoms with Gasteiger partial charge in [0, 0.05) is 30.1 Å². The zero-order valence-electron chi connectivity index (χ0n) is 23.8. The van der Waals surface area contributed by atoms with Gasteiger partial charge in [0.25, 0.3) is 0 Å². The fourth-order valence-corrected chi connectivity index (χ4v) is 6.65. The second kappa shape index (κ2) is 11.1. The molecule has 2 saturated carbocycles. The van der Waals surface area contributed by atoms with Crippen LogP contribution in [-0.4, -0.2) is 54.9 Å². The molecule has 44 heavy (non-hydrogen) atoms. The van der Waals surface area contributed by atoms with Crippen LogP contribution in [0.3, 0.4) is 0 Å². The molecule has 220 valence electrons. The van der Waals surface area contributed by atoms with Crippen LogP contribution in [0.25, 0.3) is 22.3 Å². The molecule has 2 aliphatic carbocycles. The van der Waals surface area contributed by atoms with Crippen molar-refractivity contribution in [1.29, 1.82) is 0 Å². The molecule has 10 heteroatoms. The number of carbonyl (C=O) groups is 1. The van der Waals surface area contributed by atoms with E-state index in [2.05, 4.69) is 39.6 Å². The highest BCUT2D eigenvalue weighted by Gasteiger charge is 2.75. The summed E-state index contributed by atoms with van der Waals surface area (Å²) >= 11 is 6.19. The lowest BCUT2D eigenvalue weighted by Gasteiger charge is -2.23. The molecule has 2 heterocycles. The van der Waals surface area contributed by atoms with Gasteiger partial charge in [-0.15, -0.1) is 0 Å². The van der Waals surface area contributed by atoms with E-state index in [1.54, 1.807) is 10.9 Å².